The Hall–Kier alpha value is -3.06. The van der Waals surface area contributed by atoms with E-state index in [1.807, 2.05) is 0 Å². The number of thiophene rings is 1. The number of esters is 1. The van der Waals surface area contributed by atoms with Gasteiger partial charge in [0.25, 0.3) is 0 Å². The Bertz CT molecular complexity index is 1120. The Kier molecular flexibility index (Phi) is 4.05. The first kappa shape index (κ1) is 18.7. The molecule has 2 bridgehead atoms. The molecule has 2 heterocycles. The lowest BCUT2D eigenvalue weighted by Gasteiger charge is -2.37. The second-order valence-corrected chi connectivity index (χ2v) is 9.61. The number of ketones is 1. The van der Waals surface area contributed by atoms with Crippen molar-refractivity contribution >= 4 is 40.6 Å². The molecular weight excluding hydrogens is 414 g/mol. The van der Waals surface area contributed by atoms with Gasteiger partial charge in [0, 0.05) is 0 Å². The number of hydrogen-bond acceptors (Lipinski definition) is 6. The fourth-order valence-electron chi connectivity index (χ4n) is 5.75. The average molecular weight is 433 g/mol. The van der Waals surface area contributed by atoms with Crippen molar-refractivity contribution in [2.45, 2.75) is 6.42 Å². The van der Waals surface area contributed by atoms with E-state index < -0.39 is 12.6 Å². The van der Waals surface area contributed by atoms with Gasteiger partial charge in [-0.05, 0) is 53.7 Å². The molecule has 2 amide bonds. The Morgan fingerprint density at radius 2 is 1.65 bits per heavy atom. The van der Waals surface area contributed by atoms with Crippen LogP contribution in [0, 0.1) is 35.5 Å². The number of nitrogens with zero attached hydrogens (tertiary/aromatic N) is 1. The highest BCUT2D eigenvalue weighted by Crippen LogP contribution is 2.65. The average Bonchev–Trinajstić information content (AvgIpc) is 3.36. The van der Waals surface area contributed by atoms with Crippen LogP contribution in [0.25, 0.3) is 0 Å². The van der Waals surface area contributed by atoms with Crippen LogP contribution in [0.3, 0.4) is 0 Å². The van der Waals surface area contributed by atoms with Gasteiger partial charge in [-0.3, -0.25) is 14.4 Å². The Labute approximate surface area is 182 Å². The van der Waals surface area contributed by atoms with Crippen LogP contribution in [0.2, 0.25) is 0 Å². The van der Waals surface area contributed by atoms with Crippen LogP contribution >= 0.6 is 11.3 Å². The number of benzene rings is 1. The molecule has 4 aliphatic carbocycles. The lowest BCUT2D eigenvalue weighted by molar-refractivity contribution is -0.124. The number of carbonyl (C=O) groups excluding carboxylic acids is 4. The molecule has 6 nitrogen and oxygen atoms in total. The number of allylic oxidation sites excluding steroid dienone is 2. The van der Waals surface area contributed by atoms with Gasteiger partial charge in [-0.15, -0.1) is 11.3 Å². The summed E-state index contributed by atoms with van der Waals surface area (Å²) in [5, 5.41) is 1.78. The minimum atomic E-state index is -0.722. The predicted octanol–water partition coefficient (Wildman–Crippen LogP) is 3.35. The van der Waals surface area contributed by atoms with E-state index in [2.05, 4.69) is 12.2 Å². The first-order chi connectivity index (χ1) is 15.1. The maximum atomic E-state index is 13.4. The van der Waals surface area contributed by atoms with Crippen molar-refractivity contribution in [1.82, 2.24) is 0 Å². The number of amides is 2. The van der Waals surface area contributed by atoms with E-state index >= 15 is 0 Å². The molecule has 0 spiro atoms. The van der Waals surface area contributed by atoms with Gasteiger partial charge < -0.3 is 4.74 Å². The highest BCUT2D eigenvalue weighted by Gasteiger charge is 2.67. The summed E-state index contributed by atoms with van der Waals surface area (Å²) in [5.41, 5.74) is 0.362. The number of carbonyl (C=O) groups is 4. The first-order valence-corrected chi connectivity index (χ1v) is 11.3. The fourth-order valence-corrected chi connectivity index (χ4v) is 6.40. The molecule has 5 aliphatic rings. The molecule has 2 aromatic rings. The van der Waals surface area contributed by atoms with E-state index in [1.165, 1.54) is 22.3 Å². The molecule has 1 aliphatic heterocycles. The van der Waals surface area contributed by atoms with Gasteiger partial charge in [-0.2, -0.15) is 0 Å². The number of anilines is 1. The molecule has 0 N–H and O–H groups in total. The van der Waals surface area contributed by atoms with Crippen LogP contribution in [-0.2, 0) is 14.3 Å². The first-order valence-electron chi connectivity index (χ1n) is 10.5. The maximum Gasteiger partial charge on any atom is 0.340 e. The Balaban J connectivity index is 1.27. The monoisotopic (exact) mass is 433 g/mol. The third kappa shape index (κ3) is 2.69. The van der Waals surface area contributed by atoms with Gasteiger partial charge >= 0.3 is 5.97 Å². The second-order valence-electron chi connectivity index (χ2n) is 8.66. The highest BCUT2D eigenvalue weighted by molar-refractivity contribution is 7.12. The van der Waals surface area contributed by atoms with E-state index in [9.17, 15) is 19.2 Å². The lowest BCUT2D eigenvalue weighted by Crippen LogP contribution is -2.40. The van der Waals surface area contributed by atoms with Crippen molar-refractivity contribution in [3.63, 3.8) is 0 Å². The summed E-state index contributed by atoms with van der Waals surface area (Å²) < 4.78 is 5.24. The molecule has 156 valence electrons. The van der Waals surface area contributed by atoms with Gasteiger partial charge in [0.2, 0.25) is 17.6 Å². The molecule has 1 saturated heterocycles. The number of para-hydroxylation sites is 1. The summed E-state index contributed by atoms with van der Waals surface area (Å²) in [6, 6.07) is 9.90. The van der Waals surface area contributed by atoms with Gasteiger partial charge in [0.05, 0.1) is 28.0 Å². The summed E-state index contributed by atoms with van der Waals surface area (Å²) >= 11 is 1.28. The quantitative estimate of drug-likeness (QED) is 0.313. The van der Waals surface area contributed by atoms with Gasteiger partial charge in [0.1, 0.15) is 0 Å². The third-order valence-electron chi connectivity index (χ3n) is 7.16. The van der Waals surface area contributed by atoms with Crippen molar-refractivity contribution < 1.29 is 23.9 Å². The van der Waals surface area contributed by atoms with Crippen molar-refractivity contribution in [1.29, 1.82) is 0 Å². The fraction of sp³-hybridized carbons (Fsp3) is 0.333. The summed E-state index contributed by atoms with van der Waals surface area (Å²) in [6.45, 7) is -0.391. The largest absolute Gasteiger partial charge is 0.454 e. The smallest absolute Gasteiger partial charge is 0.340 e. The molecule has 2 saturated carbocycles. The van der Waals surface area contributed by atoms with Crippen molar-refractivity contribution in [2.75, 3.05) is 11.5 Å². The van der Waals surface area contributed by atoms with Crippen LogP contribution in [0.1, 0.15) is 26.5 Å². The van der Waals surface area contributed by atoms with Gasteiger partial charge in [0.15, 0.2) is 6.61 Å². The minimum absolute atomic E-state index is 0.115. The SMILES string of the molecule is O=C(COC(=O)c1ccccc1N1C(=O)[C@@H]2[C@@H]3C=C[C@@H]([C@@H]4C[C@@H]34)[C@@H]2C1=O)c1cccs1. The zero-order valence-corrected chi connectivity index (χ0v) is 17.3. The van der Waals surface area contributed by atoms with Crippen LogP contribution < -0.4 is 4.90 Å². The molecule has 6 atom stereocenters. The zero-order valence-electron chi connectivity index (χ0n) is 16.5. The molecule has 1 aromatic carbocycles. The summed E-state index contributed by atoms with van der Waals surface area (Å²) in [6.07, 6.45) is 5.33. The highest BCUT2D eigenvalue weighted by atomic mass is 32.1. The third-order valence-corrected chi connectivity index (χ3v) is 8.07. The molecule has 7 rings (SSSR count). The van der Waals surface area contributed by atoms with E-state index in [0.29, 0.717) is 16.7 Å². The number of Topliss-reactive ketones (excluding diaryl/α,β-unsaturated/α-hetero) is 1. The van der Waals surface area contributed by atoms with E-state index in [0.717, 1.165) is 6.42 Å². The molecule has 7 heteroatoms. The number of hydrogen-bond donors (Lipinski definition) is 0. The Morgan fingerprint density at radius 1 is 0.968 bits per heavy atom. The standard InChI is InChI=1S/C24H19NO5S/c26-18(19-6-3-9-31-19)11-30-24(29)14-4-1-2-5-17(14)25-22(27)20-12-7-8-13(16-10-15(12)16)21(20)23(25)28/h1-9,12-13,15-16,20-21H,10-11H2/t12-,13+,15-,16-,20-,21+/m0/s1. The van der Waals surface area contributed by atoms with E-state index in [4.69, 9.17) is 4.74 Å². The zero-order chi connectivity index (χ0) is 21.3. The van der Waals surface area contributed by atoms with Gasteiger partial charge in [-0.1, -0.05) is 30.4 Å². The van der Waals surface area contributed by atoms with Crippen molar-refractivity contribution in [3.8, 4) is 0 Å². The molecule has 0 unspecified atom stereocenters. The second kappa shape index (κ2) is 6.72. The molecular formula is C24H19NO5S. The van der Waals surface area contributed by atoms with Crippen molar-refractivity contribution in [3.05, 3.63) is 64.4 Å². The lowest BCUT2D eigenvalue weighted by atomic mass is 9.63. The van der Waals surface area contributed by atoms with Gasteiger partial charge in [-0.25, -0.2) is 9.69 Å². The van der Waals surface area contributed by atoms with Crippen LogP contribution in [0.4, 0.5) is 5.69 Å². The van der Waals surface area contributed by atoms with Crippen LogP contribution in [0.5, 0.6) is 0 Å². The normalized spacial score (nSPS) is 32.1. The summed E-state index contributed by atoms with van der Waals surface area (Å²) in [5.74, 6) is -0.890. The number of rotatable bonds is 5. The van der Waals surface area contributed by atoms with E-state index in [1.54, 1.807) is 35.7 Å². The van der Waals surface area contributed by atoms with Crippen LogP contribution in [-0.4, -0.2) is 30.2 Å². The summed E-state index contributed by atoms with van der Waals surface area (Å²) in [7, 11) is 0. The molecule has 3 fully saturated rings. The topological polar surface area (TPSA) is 80.8 Å². The maximum absolute atomic E-state index is 13.4. The Morgan fingerprint density at radius 3 is 2.29 bits per heavy atom. The van der Waals surface area contributed by atoms with Crippen molar-refractivity contribution in [2.24, 2.45) is 35.5 Å². The molecule has 1 aromatic heterocycles. The van der Waals surface area contributed by atoms with E-state index in [-0.39, 0.29) is 52.5 Å². The minimum Gasteiger partial charge on any atom is -0.454 e. The molecule has 31 heavy (non-hydrogen) atoms. The molecule has 0 radical (unpaired) electrons. The number of imide groups is 1. The number of ether oxygens (including phenoxy) is 1. The van der Waals surface area contributed by atoms with Crippen LogP contribution in [0.15, 0.2) is 53.9 Å². The predicted molar refractivity (Wildman–Crippen MR) is 113 cm³/mol. The summed E-state index contributed by atoms with van der Waals surface area (Å²) in [4.78, 5) is 53.4.